The minimum Gasteiger partial charge on any atom is -0.431 e. The fourth-order valence-electron chi connectivity index (χ4n) is 0.0913. The highest BCUT2D eigenvalue weighted by Gasteiger charge is 1.94. The molecule has 36 valence electrons. The van der Waals surface area contributed by atoms with Crippen molar-refractivity contribution >= 4 is 22.4 Å². The third-order valence-corrected chi connectivity index (χ3v) is 1.95. The number of thiol groups is 1. The van der Waals surface area contributed by atoms with Gasteiger partial charge in [0.15, 0.2) is 0 Å². The van der Waals surface area contributed by atoms with Gasteiger partial charge < -0.3 is 4.80 Å². The Morgan fingerprint density at radius 2 is 2.50 bits per heavy atom. The Hall–Kier alpha value is 0.527. The molecule has 0 aromatic rings. The van der Waals surface area contributed by atoms with Gasteiger partial charge in [-0.05, 0) is 6.42 Å². The predicted molar refractivity (Wildman–Crippen MR) is 31.0 cm³/mol. The van der Waals surface area contributed by atoms with Gasteiger partial charge in [0, 0.05) is 4.87 Å². The van der Waals surface area contributed by atoms with Gasteiger partial charge in [0.1, 0.15) is 0 Å². The van der Waals surface area contributed by atoms with Gasteiger partial charge in [-0.1, -0.05) is 6.92 Å². The van der Waals surface area contributed by atoms with Crippen LogP contribution in [0.3, 0.4) is 0 Å². The van der Waals surface area contributed by atoms with Crippen molar-refractivity contribution in [3.63, 3.8) is 0 Å². The molecule has 1 atom stereocenters. The Balaban J connectivity index is 2.75. The van der Waals surface area contributed by atoms with E-state index in [9.17, 15) is 0 Å². The van der Waals surface area contributed by atoms with Crippen LogP contribution in [0.4, 0.5) is 0 Å². The van der Waals surface area contributed by atoms with Crippen molar-refractivity contribution in [3.05, 3.63) is 0 Å². The predicted octanol–water partition coefficient (Wildman–Crippen LogP) is 0.264. The molecule has 1 unspecified atom stereocenters. The molecule has 0 aliphatic rings. The Morgan fingerprint density at radius 3 is 2.50 bits per heavy atom. The highest BCUT2D eigenvalue weighted by Crippen LogP contribution is 1.93. The lowest BCUT2D eigenvalue weighted by Gasteiger charge is -1.94. The molecule has 0 aromatic heterocycles. The van der Waals surface area contributed by atoms with Crippen LogP contribution in [-0.2, 0) is 0 Å². The quantitative estimate of drug-likeness (QED) is 0.396. The summed E-state index contributed by atoms with van der Waals surface area (Å²) in [6.45, 7) is 2.00. The van der Waals surface area contributed by atoms with E-state index in [0.717, 1.165) is 6.42 Å². The molecule has 0 amide bonds. The molecule has 0 saturated carbocycles. The number of hydrogen-bond donors (Lipinski definition) is 2. The lowest BCUT2D eigenvalue weighted by Crippen LogP contribution is -2.05. The van der Waals surface area contributed by atoms with Gasteiger partial charge in [-0.2, -0.15) is 12.6 Å². The second kappa shape index (κ2) is 3.71. The third-order valence-electron chi connectivity index (χ3n) is 0.536. The van der Waals surface area contributed by atoms with Crippen LogP contribution in [0.15, 0.2) is 0 Å². The molecule has 6 heavy (non-hydrogen) atoms. The van der Waals surface area contributed by atoms with Crippen LogP contribution in [0.5, 0.6) is 0 Å². The van der Waals surface area contributed by atoms with Crippen molar-refractivity contribution in [2.45, 2.75) is 18.2 Å². The SMILES string of the molecule is CCC(S)[Si]O. The first kappa shape index (κ1) is 6.53. The zero-order valence-corrected chi connectivity index (χ0v) is 5.57. The Labute approximate surface area is 46.1 Å². The molecule has 0 aliphatic carbocycles. The van der Waals surface area contributed by atoms with Gasteiger partial charge in [0.25, 0.3) is 0 Å². The maximum absolute atomic E-state index is 8.29. The summed E-state index contributed by atoms with van der Waals surface area (Å²) < 4.78 is 0. The minimum absolute atomic E-state index is 0.00424. The fourth-order valence-corrected chi connectivity index (χ4v) is 0.274. The van der Waals surface area contributed by atoms with Gasteiger partial charge in [-0.25, -0.2) is 0 Å². The van der Waals surface area contributed by atoms with E-state index in [1.165, 1.54) is 0 Å². The van der Waals surface area contributed by atoms with Crippen molar-refractivity contribution in [1.82, 2.24) is 0 Å². The topological polar surface area (TPSA) is 20.2 Å². The van der Waals surface area contributed by atoms with Crippen LogP contribution >= 0.6 is 12.6 Å². The second-order valence-electron chi connectivity index (χ2n) is 1.05. The molecule has 2 radical (unpaired) electrons. The van der Waals surface area contributed by atoms with Crippen molar-refractivity contribution < 1.29 is 4.80 Å². The summed E-state index contributed by atoms with van der Waals surface area (Å²) in [5.74, 6) is 0. The van der Waals surface area contributed by atoms with E-state index in [4.69, 9.17) is 4.80 Å². The molecule has 0 fully saturated rings. The Kier molecular flexibility index (Phi) is 4.03. The summed E-state index contributed by atoms with van der Waals surface area (Å²) in [5.41, 5.74) is 0. The van der Waals surface area contributed by atoms with Crippen molar-refractivity contribution in [3.8, 4) is 0 Å². The third kappa shape index (κ3) is 2.75. The van der Waals surface area contributed by atoms with E-state index < -0.39 is 0 Å². The molecule has 0 heterocycles. The highest BCUT2D eigenvalue weighted by atomic mass is 32.1. The molecular weight excluding hydrogens is 112 g/mol. The fraction of sp³-hybridized carbons (Fsp3) is 1.00. The standard InChI is InChI=1S/C3H8OSSi/c1-2-3(5)6-4/h3-5H,2H2,1H3. The number of hydrogen-bond acceptors (Lipinski definition) is 2. The zero-order chi connectivity index (χ0) is 4.99. The van der Waals surface area contributed by atoms with Crippen molar-refractivity contribution in [2.24, 2.45) is 0 Å². The summed E-state index contributed by atoms with van der Waals surface area (Å²) in [6, 6.07) is 0. The van der Waals surface area contributed by atoms with Gasteiger partial charge in [0.2, 0.25) is 9.76 Å². The van der Waals surface area contributed by atoms with E-state index in [1.54, 1.807) is 0 Å². The lowest BCUT2D eigenvalue weighted by atomic mass is 10.6. The average molecular weight is 120 g/mol. The smallest absolute Gasteiger partial charge is 0.238 e. The average Bonchev–Trinajstić information content (AvgIpc) is 1.65. The molecule has 0 saturated heterocycles. The molecule has 0 aliphatic heterocycles. The van der Waals surface area contributed by atoms with Gasteiger partial charge in [0.05, 0.1) is 0 Å². The molecule has 0 spiro atoms. The summed E-state index contributed by atoms with van der Waals surface area (Å²) in [4.78, 5) is 8.50. The van der Waals surface area contributed by atoms with Crippen molar-refractivity contribution in [2.75, 3.05) is 0 Å². The highest BCUT2D eigenvalue weighted by molar-refractivity contribution is 7.82. The molecule has 0 rings (SSSR count). The summed E-state index contributed by atoms with van der Waals surface area (Å²) in [7, 11) is -0.00424. The second-order valence-corrected chi connectivity index (χ2v) is 3.12. The molecule has 1 N–H and O–H groups in total. The first-order valence-electron chi connectivity index (χ1n) is 1.89. The summed E-state index contributed by atoms with van der Waals surface area (Å²) >= 11 is 3.99. The molecule has 0 aromatic carbocycles. The van der Waals surface area contributed by atoms with Gasteiger partial charge in [-0.3, -0.25) is 0 Å². The minimum atomic E-state index is -0.00424. The van der Waals surface area contributed by atoms with Gasteiger partial charge in [-0.15, -0.1) is 0 Å². The largest absolute Gasteiger partial charge is 0.431 e. The summed E-state index contributed by atoms with van der Waals surface area (Å²) in [6.07, 6.45) is 0.956. The molecular formula is C3H8OSSi. The van der Waals surface area contributed by atoms with E-state index in [0.29, 0.717) is 0 Å². The molecule has 0 bridgehead atoms. The van der Waals surface area contributed by atoms with Crippen LogP contribution in [0.25, 0.3) is 0 Å². The maximum atomic E-state index is 8.29. The van der Waals surface area contributed by atoms with E-state index in [1.807, 2.05) is 6.92 Å². The first-order chi connectivity index (χ1) is 2.81. The zero-order valence-electron chi connectivity index (χ0n) is 3.68. The Bertz CT molecular complexity index is 30.0. The van der Waals surface area contributed by atoms with E-state index in [-0.39, 0.29) is 14.6 Å². The van der Waals surface area contributed by atoms with E-state index >= 15 is 0 Å². The van der Waals surface area contributed by atoms with Crippen LogP contribution in [0, 0.1) is 0 Å². The van der Waals surface area contributed by atoms with Crippen LogP contribution in [0.1, 0.15) is 13.3 Å². The number of rotatable bonds is 2. The Morgan fingerprint density at radius 1 is 2.00 bits per heavy atom. The van der Waals surface area contributed by atoms with Crippen molar-refractivity contribution in [1.29, 1.82) is 0 Å². The van der Waals surface area contributed by atoms with Gasteiger partial charge >= 0.3 is 0 Å². The van der Waals surface area contributed by atoms with Crippen LogP contribution in [0.2, 0.25) is 0 Å². The van der Waals surface area contributed by atoms with E-state index in [2.05, 4.69) is 12.6 Å². The molecule has 3 heteroatoms. The normalized spacial score (nSPS) is 14.5. The van der Waals surface area contributed by atoms with Crippen LogP contribution in [-0.4, -0.2) is 19.4 Å². The van der Waals surface area contributed by atoms with Crippen LogP contribution < -0.4 is 0 Å². The lowest BCUT2D eigenvalue weighted by molar-refractivity contribution is 0.595. The maximum Gasteiger partial charge on any atom is 0.238 e. The molecule has 1 nitrogen and oxygen atoms in total. The summed E-state index contributed by atoms with van der Waals surface area (Å²) in [5, 5.41) is 0. The first-order valence-corrected chi connectivity index (χ1v) is 3.43. The monoisotopic (exact) mass is 120 g/mol.